The van der Waals surface area contributed by atoms with Crippen LogP contribution in [0, 0.1) is 5.82 Å². The van der Waals surface area contributed by atoms with Crippen LogP contribution in [0.3, 0.4) is 0 Å². The third kappa shape index (κ3) is 20.7. The van der Waals surface area contributed by atoms with Crippen LogP contribution in [-0.4, -0.2) is 133 Å². The molecule has 1 aromatic heterocycles. The number of esters is 2. The van der Waals surface area contributed by atoms with Gasteiger partial charge < -0.3 is 62.7 Å². The quantitative estimate of drug-likeness (QED) is 0.0307. The number of carbonyl (C=O) groups is 4. The summed E-state index contributed by atoms with van der Waals surface area (Å²) in [4.78, 5) is 50.2. The summed E-state index contributed by atoms with van der Waals surface area (Å²) in [6.07, 6.45) is -7.83. The number of ether oxygens (including phenoxy) is 10. The maximum Gasteiger partial charge on any atom is 0.337 e. The average Bonchev–Trinajstić information content (AvgIpc) is 3.51. The molecule has 0 aliphatic rings. The van der Waals surface area contributed by atoms with Crippen molar-refractivity contribution in [1.82, 2.24) is 4.98 Å². The average molecular weight is 1180 g/mol. The van der Waals surface area contributed by atoms with Gasteiger partial charge in [0.05, 0.1) is 77.2 Å². The van der Waals surface area contributed by atoms with Gasteiger partial charge in [-0.05, 0) is 116 Å². The van der Waals surface area contributed by atoms with E-state index in [0.29, 0.717) is 22.6 Å². The van der Waals surface area contributed by atoms with E-state index in [1.807, 2.05) is 0 Å². The van der Waals surface area contributed by atoms with Gasteiger partial charge in [0.15, 0.2) is 51.8 Å². The van der Waals surface area contributed by atoms with Gasteiger partial charge in [0.25, 0.3) is 19.3 Å². The molecule has 0 spiro atoms. The van der Waals surface area contributed by atoms with E-state index in [1.165, 1.54) is 148 Å². The highest BCUT2D eigenvalue weighted by molar-refractivity contribution is 6.31. The van der Waals surface area contributed by atoms with E-state index in [2.05, 4.69) is 14.5 Å². The number of benzene rings is 5. The summed E-state index contributed by atoms with van der Waals surface area (Å²) < 4.78 is 135. The Labute approximate surface area is 470 Å². The van der Waals surface area contributed by atoms with Crippen molar-refractivity contribution in [2.45, 2.75) is 44.6 Å². The number of aliphatic hydroxyl groups is 1. The number of phenolic OH excluding ortho intramolecular Hbond substituents is 1. The Morgan fingerprint density at radius 1 is 0.537 bits per heavy atom. The maximum atomic E-state index is 13.6. The van der Waals surface area contributed by atoms with Gasteiger partial charge in [-0.25, -0.2) is 50.1 Å². The molecule has 0 aliphatic carbocycles. The molecule has 444 valence electrons. The number of carboxylic acids is 1. The van der Waals surface area contributed by atoms with Gasteiger partial charge in [0, 0.05) is 17.5 Å². The minimum Gasteiger partial charge on any atom is -0.504 e. The lowest BCUT2D eigenvalue weighted by molar-refractivity contribution is 0.0397. The number of carboxylic acid groups (broad SMARTS) is 1. The Kier molecular flexibility index (Phi) is 27.3. The first-order valence-corrected chi connectivity index (χ1v) is 24.0. The first kappa shape index (κ1) is 67.6. The zero-order chi connectivity index (χ0) is 61.3. The van der Waals surface area contributed by atoms with E-state index in [4.69, 9.17) is 54.6 Å². The first-order valence-electron chi connectivity index (χ1n) is 23.7. The molecule has 6 aromatic rings. The zero-order valence-corrected chi connectivity index (χ0v) is 45.9. The molecule has 82 heavy (non-hydrogen) atoms. The van der Waals surface area contributed by atoms with Crippen LogP contribution in [-0.2, 0) is 15.1 Å². The number of aromatic hydroxyl groups is 1. The number of halogens is 8. The number of phenols is 1. The lowest BCUT2D eigenvalue weighted by Gasteiger charge is -2.24. The smallest absolute Gasteiger partial charge is 0.337 e. The number of ketones is 1. The van der Waals surface area contributed by atoms with Crippen LogP contribution in [0.2, 0.25) is 5.02 Å². The number of pyridine rings is 1. The molecule has 3 N–H and O–H groups in total. The molecule has 0 bridgehead atoms. The summed E-state index contributed by atoms with van der Waals surface area (Å²) in [6.45, 7) is -0.761. The number of aromatic carboxylic acids is 1. The van der Waals surface area contributed by atoms with Crippen molar-refractivity contribution in [2.24, 2.45) is 0 Å². The summed E-state index contributed by atoms with van der Waals surface area (Å²) in [5.41, 5.74) is 0.509. The lowest BCUT2D eigenvalue weighted by atomic mass is 9.92. The second-order valence-corrected chi connectivity index (χ2v) is 16.9. The molecule has 18 nitrogen and oxygen atoms in total. The monoisotopic (exact) mass is 1180 g/mol. The van der Waals surface area contributed by atoms with Gasteiger partial charge in [-0.2, -0.15) is 0 Å². The zero-order valence-electron chi connectivity index (χ0n) is 45.1. The number of hydrogen-bond donors (Lipinski definition) is 3. The third-order valence-electron chi connectivity index (χ3n) is 10.8. The number of aromatic nitrogens is 1. The van der Waals surface area contributed by atoms with Gasteiger partial charge in [-0.1, -0.05) is 11.6 Å². The molecular formula is C56H57ClF7NO17. The molecule has 0 aliphatic heterocycles. The number of carbonyl (C=O) groups excluding carboxylic acids is 3. The second kappa shape index (κ2) is 33.1. The van der Waals surface area contributed by atoms with E-state index >= 15 is 0 Å². The van der Waals surface area contributed by atoms with Crippen LogP contribution in [0.4, 0.5) is 30.7 Å². The molecule has 6 rings (SSSR count). The number of Topliss-reactive ketones (excluding diaryl/α,β-unsaturated/α-hetero) is 1. The summed E-state index contributed by atoms with van der Waals surface area (Å²) in [7, 11) is 9.40. The molecule has 0 radical (unpaired) electrons. The summed E-state index contributed by atoms with van der Waals surface area (Å²) >= 11 is 5.91. The van der Waals surface area contributed by atoms with E-state index < -0.39 is 68.4 Å². The number of alkyl halides is 6. The van der Waals surface area contributed by atoms with Gasteiger partial charge in [-0.15, -0.1) is 0 Å². The Balaban J connectivity index is 0.000000319. The highest BCUT2D eigenvalue weighted by Crippen LogP contribution is 2.36. The van der Waals surface area contributed by atoms with E-state index in [-0.39, 0.29) is 92.0 Å². The van der Waals surface area contributed by atoms with Crippen LogP contribution in [0.25, 0.3) is 11.3 Å². The van der Waals surface area contributed by atoms with Crippen molar-refractivity contribution in [3.05, 3.63) is 142 Å². The van der Waals surface area contributed by atoms with Crippen molar-refractivity contribution >= 4 is 35.3 Å². The van der Waals surface area contributed by atoms with Crippen molar-refractivity contribution in [2.75, 3.05) is 69.6 Å². The number of methoxy groups -OCH3 is 7. The molecule has 26 heteroatoms. The largest absolute Gasteiger partial charge is 0.504 e. The van der Waals surface area contributed by atoms with Crippen molar-refractivity contribution in [1.29, 1.82) is 0 Å². The van der Waals surface area contributed by atoms with Crippen molar-refractivity contribution in [3.63, 3.8) is 0 Å². The molecule has 0 saturated heterocycles. The lowest BCUT2D eigenvalue weighted by Crippen LogP contribution is -2.24. The highest BCUT2D eigenvalue weighted by Gasteiger charge is 2.28. The summed E-state index contributed by atoms with van der Waals surface area (Å²) in [6, 6.07) is 23.7. The normalized spacial score (nSPS) is 11.2. The Hall–Kier alpha value is -8.71. The first-order chi connectivity index (χ1) is 38.9. The van der Waals surface area contributed by atoms with Crippen LogP contribution in [0.1, 0.15) is 66.9 Å². The predicted octanol–water partition coefficient (Wildman–Crippen LogP) is 11.4. The second-order valence-electron chi connectivity index (χ2n) is 16.5. The molecule has 1 heterocycles. The molecule has 1 unspecified atom stereocenters. The van der Waals surface area contributed by atoms with E-state index in [9.17, 15) is 60.1 Å². The maximum absolute atomic E-state index is 13.6. The molecule has 1 atom stereocenters. The number of rotatable bonds is 23. The Bertz CT molecular complexity index is 3080. The molecule has 0 saturated carbocycles. The van der Waals surface area contributed by atoms with Crippen LogP contribution in [0.5, 0.6) is 51.7 Å². The molecule has 0 amide bonds. The number of hydrogen-bond acceptors (Lipinski definition) is 17. The van der Waals surface area contributed by atoms with Gasteiger partial charge in [0.1, 0.15) is 42.7 Å². The molecular weight excluding hydrogens is 1130 g/mol. The number of nitrogens with zero attached hydrogens (tertiary/aromatic N) is 1. The van der Waals surface area contributed by atoms with Gasteiger partial charge in [-0.3, -0.25) is 4.79 Å². The van der Waals surface area contributed by atoms with E-state index in [1.54, 1.807) is 12.1 Å². The van der Waals surface area contributed by atoms with E-state index in [0.717, 1.165) is 0 Å². The van der Waals surface area contributed by atoms with Crippen LogP contribution < -0.4 is 37.9 Å². The Morgan fingerprint density at radius 2 is 0.939 bits per heavy atom. The summed E-state index contributed by atoms with van der Waals surface area (Å²) in [5.74, 6) is -1.56. The fourth-order valence-electron chi connectivity index (χ4n) is 6.68. The molecule has 0 fully saturated rings. The van der Waals surface area contributed by atoms with Crippen LogP contribution >= 0.6 is 11.6 Å². The standard InChI is InChI=1S/C26H25ClF3NO5.C11H12F2O4.C10H10F2O4.C9H10O4/c1-26(33,11-10-19(32)15-5-7-20(22(13-15)35-3)36-14-24(29)30)23-9-8-21(34-2)25(31-23)16-4-6-18(28)17(27)12-16;1-15-9-5-7(11(14)16-2)3-4-8(9)17-6-10(12)13;1-15-8-4-6(10(13)14)2-3-7(8)16-5-9(11)12;1-12-8-5-6(9(11)13-2)3-4-7(8)10/h4-9,12-13,24,33H,10-11,14H2,1-3H3;3-5,10H,6H2,1-2H3;2-4,9H,5H2,1H3,(H,13,14);3-5,10H,1-2H3. The van der Waals surface area contributed by atoms with Gasteiger partial charge >= 0.3 is 17.9 Å². The third-order valence-corrected chi connectivity index (χ3v) is 11.1. The van der Waals surface area contributed by atoms with Crippen LogP contribution in [0.15, 0.2) is 103 Å². The minimum absolute atomic E-state index is 0.00115. The predicted molar refractivity (Wildman–Crippen MR) is 282 cm³/mol. The topological polar surface area (TPSA) is 234 Å². The van der Waals surface area contributed by atoms with Crippen molar-refractivity contribution < 1.29 is 113 Å². The fourth-order valence-corrected chi connectivity index (χ4v) is 6.86. The minimum atomic E-state index is -2.65. The summed E-state index contributed by atoms with van der Waals surface area (Å²) in [5, 5.41) is 29.0. The molecule has 5 aromatic carbocycles. The SMILES string of the molecule is COC(=O)c1ccc(O)c(OC)c1.COC(=O)c1ccc(OCC(F)F)c(OC)c1.COc1cc(C(=O)CCC(C)(O)c2ccc(OC)c(-c3ccc(F)c(Cl)c3)n2)ccc1OCC(F)F.COc1cc(C(=O)O)ccc1OCC(F)F. The van der Waals surface area contributed by atoms with Gasteiger partial charge in [0.2, 0.25) is 0 Å². The highest BCUT2D eigenvalue weighted by atomic mass is 35.5. The Morgan fingerprint density at radius 3 is 1.37 bits per heavy atom. The van der Waals surface area contributed by atoms with Crippen molar-refractivity contribution in [3.8, 4) is 63.0 Å². The fraction of sp³-hybridized carbons (Fsp3) is 0.304.